The van der Waals surface area contributed by atoms with E-state index in [2.05, 4.69) is 10.1 Å². The predicted octanol–water partition coefficient (Wildman–Crippen LogP) is 4.54. The van der Waals surface area contributed by atoms with Gasteiger partial charge in [-0.15, -0.1) is 5.10 Å². The number of rotatable bonds is 3. The summed E-state index contributed by atoms with van der Waals surface area (Å²) in [5.41, 5.74) is 4.18. The Labute approximate surface area is 173 Å². The zero-order valence-corrected chi connectivity index (χ0v) is 16.3. The van der Waals surface area contributed by atoms with Crippen molar-refractivity contribution in [3.63, 3.8) is 0 Å². The molecule has 0 saturated heterocycles. The van der Waals surface area contributed by atoms with Crippen molar-refractivity contribution in [2.24, 2.45) is 5.10 Å². The van der Waals surface area contributed by atoms with E-state index in [1.165, 1.54) is 11.9 Å². The van der Waals surface area contributed by atoms with Crippen LogP contribution in [0.4, 0.5) is 0 Å². The van der Waals surface area contributed by atoms with E-state index < -0.39 is 6.23 Å². The second-order valence-electron chi connectivity index (χ2n) is 6.96. The molecule has 0 spiro atoms. The summed E-state index contributed by atoms with van der Waals surface area (Å²) in [5.74, 6) is 0.159. The lowest BCUT2D eigenvalue weighted by Gasteiger charge is -2.21. The van der Waals surface area contributed by atoms with E-state index in [-0.39, 0.29) is 5.91 Å². The number of para-hydroxylation sites is 1. The molecule has 0 saturated carbocycles. The molecule has 30 heavy (non-hydrogen) atoms. The van der Waals surface area contributed by atoms with Crippen LogP contribution in [0.25, 0.3) is 22.2 Å². The number of hydrazone groups is 1. The number of benzene rings is 2. The van der Waals surface area contributed by atoms with Gasteiger partial charge < -0.3 is 4.74 Å². The van der Waals surface area contributed by atoms with Gasteiger partial charge >= 0.3 is 0 Å². The van der Waals surface area contributed by atoms with Crippen molar-refractivity contribution in [1.29, 1.82) is 0 Å². The summed E-state index contributed by atoms with van der Waals surface area (Å²) in [4.78, 5) is 21.3. The number of hydrogen-bond acceptors (Lipinski definition) is 5. The van der Waals surface area contributed by atoms with Crippen LogP contribution in [0.1, 0.15) is 24.3 Å². The summed E-state index contributed by atoms with van der Waals surface area (Å²) < 4.78 is 6.19. The molecule has 1 aliphatic rings. The van der Waals surface area contributed by atoms with Crippen LogP contribution in [-0.2, 0) is 9.53 Å². The fourth-order valence-electron chi connectivity index (χ4n) is 3.54. The SMILES string of the molecule is CC(=O)N1N=C(c2cccnc2)OC1c1cc(-c2ccccc2)nc2ccccc12. The van der Waals surface area contributed by atoms with Crippen molar-refractivity contribution < 1.29 is 9.53 Å². The fraction of sp³-hybridized carbons (Fsp3) is 0.0833. The molecule has 1 unspecified atom stereocenters. The van der Waals surface area contributed by atoms with Crippen LogP contribution in [0.3, 0.4) is 0 Å². The zero-order valence-electron chi connectivity index (χ0n) is 16.3. The average Bonchev–Trinajstić information content (AvgIpc) is 3.25. The van der Waals surface area contributed by atoms with E-state index in [9.17, 15) is 4.79 Å². The van der Waals surface area contributed by atoms with Crippen LogP contribution >= 0.6 is 0 Å². The number of amides is 1. The van der Waals surface area contributed by atoms with E-state index in [0.29, 0.717) is 11.5 Å². The first-order valence-electron chi connectivity index (χ1n) is 9.61. The van der Waals surface area contributed by atoms with E-state index in [1.54, 1.807) is 12.4 Å². The molecule has 6 heteroatoms. The highest BCUT2D eigenvalue weighted by Gasteiger charge is 2.34. The van der Waals surface area contributed by atoms with Gasteiger partial charge in [0, 0.05) is 35.8 Å². The summed E-state index contributed by atoms with van der Waals surface area (Å²) in [6, 6.07) is 23.4. The van der Waals surface area contributed by atoms with Crippen molar-refractivity contribution in [2.45, 2.75) is 13.2 Å². The lowest BCUT2D eigenvalue weighted by atomic mass is 10.0. The monoisotopic (exact) mass is 394 g/mol. The van der Waals surface area contributed by atoms with Crippen molar-refractivity contribution in [1.82, 2.24) is 15.0 Å². The summed E-state index contributed by atoms with van der Waals surface area (Å²) in [6.07, 6.45) is 2.66. The maximum absolute atomic E-state index is 12.4. The van der Waals surface area contributed by atoms with Crippen LogP contribution in [0.5, 0.6) is 0 Å². The first kappa shape index (κ1) is 18.0. The Morgan fingerprint density at radius 1 is 0.967 bits per heavy atom. The highest BCUT2D eigenvalue weighted by molar-refractivity contribution is 5.96. The molecule has 2 aromatic heterocycles. The number of nitrogens with zero attached hydrogens (tertiary/aromatic N) is 4. The maximum Gasteiger partial charge on any atom is 0.243 e. The third-order valence-corrected chi connectivity index (χ3v) is 4.96. The number of pyridine rings is 2. The van der Waals surface area contributed by atoms with E-state index >= 15 is 0 Å². The van der Waals surface area contributed by atoms with E-state index in [0.717, 1.165) is 27.7 Å². The topological polar surface area (TPSA) is 67.7 Å². The lowest BCUT2D eigenvalue weighted by Crippen LogP contribution is -2.25. The Kier molecular flexibility index (Phi) is 4.44. The molecule has 6 nitrogen and oxygen atoms in total. The molecular weight excluding hydrogens is 376 g/mol. The number of aromatic nitrogens is 2. The molecule has 0 N–H and O–H groups in total. The standard InChI is InChI=1S/C24H18N4O2/c1-16(29)28-24(30-23(27-28)18-10-7-13-25-15-18)20-14-22(17-8-3-2-4-9-17)26-21-12-6-5-11-19(20)21/h2-15,24H,1H3. The first-order chi connectivity index (χ1) is 14.7. The van der Waals surface area contributed by atoms with Gasteiger partial charge in [0.2, 0.25) is 18.0 Å². The molecule has 5 rings (SSSR count). The van der Waals surface area contributed by atoms with Crippen molar-refractivity contribution in [2.75, 3.05) is 0 Å². The molecule has 0 aliphatic carbocycles. The Morgan fingerprint density at radius 2 is 1.73 bits per heavy atom. The van der Waals surface area contributed by atoms with Crippen LogP contribution in [-0.4, -0.2) is 26.8 Å². The molecule has 3 heterocycles. The van der Waals surface area contributed by atoms with E-state index in [4.69, 9.17) is 9.72 Å². The largest absolute Gasteiger partial charge is 0.446 e. The smallest absolute Gasteiger partial charge is 0.243 e. The second kappa shape index (κ2) is 7.40. The highest BCUT2D eigenvalue weighted by Crippen LogP contribution is 2.36. The Bertz CT molecular complexity index is 1260. The quantitative estimate of drug-likeness (QED) is 0.512. The van der Waals surface area contributed by atoms with Gasteiger partial charge in [0.1, 0.15) is 0 Å². The Morgan fingerprint density at radius 3 is 2.50 bits per heavy atom. The van der Waals surface area contributed by atoms with Crippen molar-refractivity contribution in [3.05, 3.63) is 96.3 Å². The zero-order chi connectivity index (χ0) is 20.5. The summed E-state index contributed by atoms with van der Waals surface area (Å²) >= 11 is 0. The van der Waals surface area contributed by atoms with Crippen molar-refractivity contribution in [3.8, 4) is 11.3 Å². The third-order valence-electron chi connectivity index (χ3n) is 4.96. The van der Waals surface area contributed by atoms with Gasteiger partial charge in [-0.1, -0.05) is 48.5 Å². The van der Waals surface area contributed by atoms with Gasteiger partial charge in [-0.2, -0.15) is 5.01 Å². The number of carbonyl (C=O) groups is 1. The van der Waals surface area contributed by atoms with E-state index in [1.807, 2.05) is 72.8 Å². The summed E-state index contributed by atoms with van der Waals surface area (Å²) in [6.45, 7) is 1.48. The Hall–Kier alpha value is -4.06. The maximum atomic E-state index is 12.4. The minimum absolute atomic E-state index is 0.207. The fourth-order valence-corrected chi connectivity index (χ4v) is 3.54. The summed E-state index contributed by atoms with van der Waals surface area (Å²) in [5, 5.41) is 6.73. The van der Waals surface area contributed by atoms with Crippen molar-refractivity contribution >= 4 is 22.7 Å². The highest BCUT2D eigenvalue weighted by atomic mass is 16.5. The Balaban J connectivity index is 1.65. The molecule has 1 amide bonds. The molecule has 2 aromatic carbocycles. The first-order valence-corrected chi connectivity index (χ1v) is 9.61. The van der Waals surface area contributed by atoms with Crippen LogP contribution in [0, 0.1) is 0 Å². The van der Waals surface area contributed by atoms with Crippen LogP contribution in [0.15, 0.2) is 90.3 Å². The summed E-state index contributed by atoms with van der Waals surface area (Å²) in [7, 11) is 0. The third kappa shape index (κ3) is 3.18. The number of hydrogen-bond donors (Lipinski definition) is 0. The number of fused-ring (bicyclic) bond motifs is 1. The predicted molar refractivity (Wildman–Crippen MR) is 114 cm³/mol. The molecule has 1 aliphatic heterocycles. The number of ether oxygens (including phenoxy) is 1. The van der Waals surface area contributed by atoms with Gasteiger partial charge in [0.05, 0.1) is 16.8 Å². The molecule has 0 radical (unpaired) electrons. The minimum Gasteiger partial charge on any atom is -0.446 e. The molecule has 1 atom stereocenters. The minimum atomic E-state index is -0.687. The van der Waals surface area contributed by atoms with Gasteiger partial charge in [0.15, 0.2) is 0 Å². The van der Waals surface area contributed by atoms with Gasteiger partial charge in [0.25, 0.3) is 0 Å². The van der Waals surface area contributed by atoms with Crippen LogP contribution < -0.4 is 0 Å². The lowest BCUT2D eigenvalue weighted by molar-refractivity contribution is -0.135. The van der Waals surface area contributed by atoms with Gasteiger partial charge in [-0.25, -0.2) is 4.98 Å². The molecular formula is C24H18N4O2. The molecule has 0 bridgehead atoms. The molecule has 0 fully saturated rings. The van der Waals surface area contributed by atoms with Crippen LogP contribution in [0.2, 0.25) is 0 Å². The number of carbonyl (C=O) groups excluding carboxylic acids is 1. The average molecular weight is 394 g/mol. The van der Waals surface area contributed by atoms with Gasteiger partial charge in [-0.05, 0) is 24.3 Å². The molecule has 146 valence electrons. The van der Waals surface area contributed by atoms with Gasteiger partial charge in [-0.3, -0.25) is 9.78 Å². The second-order valence-corrected chi connectivity index (χ2v) is 6.96. The molecule has 4 aromatic rings. The normalized spacial score (nSPS) is 15.7.